The summed E-state index contributed by atoms with van der Waals surface area (Å²) in [6.07, 6.45) is 7.83. The summed E-state index contributed by atoms with van der Waals surface area (Å²) >= 11 is 0. The van der Waals surface area contributed by atoms with E-state index in [2.05, 4.69) is 55.1 Å². The first-order valence-corrected chi connectivity index (χ1v) is 7.98. The van der Waals surface area contributed by atoms with Crippen molar-refractivity contribution in [2.45, 2.75) is 65.1 Å². The van der Waals surface area contributed by atoms with Crippen molar-refractivity contribution in [2.75, 3.05) is 0 Å². The lowest BCUT2D eigenvalue weighted by atomic mass is 10.1. The van der Waals surface area contributed by atoms with Crippen LogP contribution in [0.15, 0.2) is 24.4 Å². The monoisotopic (exact) mass is 270 g/mol. The molecule has 1 aliphatic carbocycles. The molecule has 20 heavy (non-hydrogen) atoms. The first-order valence-electron chi connectivity index (χ1n) is 7.98. The molecule has 1 aromatic heterocycles. The summed E-state index contributed by atoms with van der Waals surface area (Å²) < 4.78 is 2.40. The zero-order valence-corrected chi connectivity index (χ0v) is 12.9. The second kappa shape index (κ2) is 5.61. The van der Waals surface area contributed by atoms with Gasteiger partial charge in [0.25, 0.3) is 0 Å². The van der Waals surface area contributed by atoms with Gasteiger partial charge in [0.05, 0.1) is 0 Å². The van der Waals surface area contributed by atoms with Gasteiger partial charge in [0.2, 0.25) is 0 Å². The number of hydrogen-bond acceptors (Lipinski definition) is 1. The highest BCUT2D eigenvalue weighted by Crippen LogP contribution is 2.26. The molecule has 3 rings (SSSR count). The Bertz CT molecular complexity index is 589. The number of benzene rings is 1. The lowest BCUT2D eigenvalue weighted by molar-refractivity contribution is 0.523. The number of fused-ring (bicyclic) bond motifs is 1. The molecule has 1 heterocycles. The molecule has 1 aromatic carbocycles. The van der Waals surface area contributed by atoms with Gasteiger partial charge in [-0.05, 0) is 51.3 Å². The van der Waals surface area contributed by atoms with Crippen LogP contribution < -0.4 is 5.32 Å². The Morgan fingerprint density at radius 2 is 2.00 bits per heavy atom. The van der Waals surface area contributed by atoms with E-state index in [0.717, 1.165) is 12.6 Å². The van der Waals surface area contributed by atoms with Crippen LogP contribution in [0.2, 0.25) is 0 Å². The third-order valence-corrected chi connectivity index (χ3v) is 4.56. The van der Waals surface area contributed by atoms with Crippen molar-refractivity contribution in [3.8, 4) is 0 Å². The van der Waals surface area contributed by atoms with Crippen LogP contribution in [0.5, 0.6) is 0 Å². The minimum atomic E-state index is 0.514. The second-order valence-electron chi connectivity index (χ2n) is 6.54. The zero-order chi connectivity index (χ0) is 14.1. The van der Waals surface area contributed by atoms with Crippen LogP contribution in [0.1, 0.15) is 56.7 Å². The summed E-state index contributed by atoms with van der Waals surface area (Å²) in [5.74, 6) is 0. The molecule has 0 atom stereocenters. The molecule has 0 saturated heterocycles. The van der Waals surface area contributed by atoms with E-state index < -0.39 is 0 Å². The van der Waals surface area contributed by atoms with Gasteiger partial charge >= 0.3 is 0 Å². The molecule has 1 fully saturated rings. The van der Waals surface area contributed by atoms with Gasteiger partial charge in [-0.2, -0.15) is 0 Å². The van der Waals surface area contributed by atoms with Gasteiger partial charge in [-0.3, -0.25) is 0 Å². The topological polar surface area (TPSA) is 17.0 Å². The number of aromatic nitrogens is 1. The summed E-state index contributed by atoms with van der Waals surface area (Å²) in [7, 11) is 0. The molecular weight excluding hydrogens is 244 g/mol. The fraction of sp³-hybridized carbons (Fsp3) is 0.556. The molecular formula is C18H26N2. The highest BCUT2D eigenvalue weighted by molar-refractivity contribution is 5.84. The number of nitrogens with zero attached hydrogens (tertiary/aromatic N) is 1. The molecule has 1 N–H and O–H groups in total. The third kappa shape index (κ3) is 2.62. The van der Waals surface area contributed by atoms with E-state index in [1.165, 1.54) is 47.7 Å². The standard InChI is InChI=1S/C18H26N2/c1-13(2)20-12-15(11-19-16-6-4-5-7-16)17-10-14(3)8-9-18(17)20/h8-10,12-13,16,19H,4-7,11H2,1-3H3. The second-order valence-corrected chi connectivity index (χ2v) is 6.54. The average Bonchev–Trinajstić information content (AvgIpc) is 3.03. The fourth-order valence-electron chi connectivity index (χ4n) is 3.39. The molecule has 1 aliphatic rings. The quantitative estimate of drug-likeness (QED) is 0.861. The van der Waals surface area contributed by atoms with Crippen LogP contribution in [0.3, 0.4) is 0 Å². The fourth-order valence-corrected chi connectivity index (χ4v) is 3.39. The molecule has 0 amide bonds. The highest BCUT2D eigenvalue weighted by Gasteiger charge is 2.16. The minimum Gasteiger partial charge on any atom is -0.345 e. The van der Waals surface area contributed by atoms with E-state index >= 15 is 0 Å². The summed E-state index contributed by atoms with van der Waals surface area (Å²) in [4.78, 5) is 0. The first-order chi connectivity index (χ1) is 9.65. The largest absolute Gasteiger partial charge is 0.345 e. The lowest BCUT2D eigenvalue weighted by Gasteiger charge is -2.11. The van der Waals surface area contributed by atoms with Gasteiger partial charge < -0.3 is 9.88 Å². The normalized spacial score (nSPS) is 16.6. The molecule has 0 spiro atoms. The average molecular weight is 270 g/mol. The molecule has 0 aliphatic heterocycles. The Labute approximate surface area is 122 Å². The van der Waals surface area contributed by atoms with E-state index in [4.69, 9.17) is 0 Å². The Morgan fingerprint density at radius 3 is 2.70 bits per heavy atom. The summed E-state index contributed by atoms with van der Waals surface area (Å²) in [6, 6.07) is 8.07. The van der Waals surface area contributed by atoms with Crippen molar-refractivity contribution in [1.29, 1.82) is 0 Å². The van der Waals surface area contributed by atoms with Crippen LogP contribution >= 0.6 is 0 Å². The molecule has 0 bridgehead atoms. The van der Waals surface area contributed by atoms with Gasteiger partial charge in [0.1, 0.15) is 0 Å². The van der Waals surface area contributed by atoms with E-state index in [0.29, 0.717) is 6.04 Å². The van der Waals surface area contributed by atoms with Crippen LogP contribution in [0, 0.1) is 6.92 Å². The van der Waals surface area contributed by atoms with Gasteiger partial charge in [-0.25, -0.2) is 0 Å². The van der Waals surface area contributed by atoms with E-state index in [1.54, 1.807) is 0 Å². The van der Waals surface area contributed by atoms with Crippen LogP contribution in [-0.4, -0.2) is 10.6 Å². The Kier molecular flexibility index (Phi) is 3.84. The van der Waals surface area contributed by atoms with Crippen molar-refractivity contribution in [3.05, 3.63) is 35.5 Å². The molecule has 0 unspecified atom stereocenters. The Balaban J connectivity index is 1.90. The minimum absolute atomic E-state index is 0.514. The Hall–Kier alpha value is -1.28. The predicted octanol–water partition coefficient (Wildman–Crippen LogP) is 4.56. The van der Waals surface area contributed by atoms with Crippen molar-refractivity contribution >= 4 is 10.9 Å². The number of hydrogen-bond donors (Lipinski definition) is 1. The molecule has 2 heteroatoms. The summed E-state index contributed by atoms with van der Waals surface area (Å²) in [5.41, 5.74) is 4.17. The maximum Gasteiger partial charge on any atom is 0.0486 e. The zero-order valence-electron chi connectivity index (χ0n) is 12.9. The van der Waals surface area contributed by atoms with Crippen molar-refractivity contribution in [3.63, 3.8) is 0 Å². The lowest BCUT2D eigenvalue weighted by Crippen LogP contribution is -2.25. The van der Waals surface area contributed by atoms with Crippen LogP contribution in [0.4, 0.5) is 0 Å². The van der Waals surface area contributed by atoms with Gasteiger partial charge in [0, 0.05) is 35.7 Å². The summed E-state index contributed by atoms with van der Waals surface area (Å²) in [5, 5.41) is 5.17. The van der Waals surface area contributed by atoms with Gasteiger partial charge in [-0.15, -0.1) is 0 Å². The molecule has 2 nitrogen and oxygen atoms in total. The van der Waals surface area contributed by atoms with Crippen molar-refractivity contribution in [2.24, 2.45) is 0 Å². The summed E-state index contributed by atoms with van der Waals surface area (Å²) in [6.45, 7) is 7.70. The van der Waals surface area contributed by atoms with Crippen molar-refractivity contribution < 1.29 is 0 Å². The molecule has 0 radical (unpaired) electrons. The Morgan fingerprint density at radius 1 is 1.25 bits per heavy atom. The van der Waals surface area contributed by atoms with Crippen LogP contribution in [-0.2, 0) is 6.54 Å². The number of aryl methyl sites for hydroxylation is 1. The van der Waals surface area contributed by atoms with Gasteiger partial charge in [0.15, 0.2) is 0 Å². The van der Waals surface area contributed by atoms with Crippen LogP contribution in [0.25, 0.3) is 10.9 Å². The molecule has 2 aromatic rings. The van der Waals surface area contributed by atoms with E-state index in [-0.39, 0.29) is 0 Å². The molecule has 1 saturated carbocycles. The SMILES string of the molecule is Cc1ccc2c(c1)c(CNC1CCCC1)cn2C(C)C. The smallest absolute Gasteiger partial charge is 0.0486 e. The number of nitrogens with one attached hydrogen (secondary N) is 1. The highest BCUT2D eigenvalue weighted by atomic mass is 15.0. The number of rotatable bonds is 4. The predicted molar refractivity (Wildman–Crippen MR) is 86.2 cm³/mol. The molecule has 108 valence electrons. The maximum absolute atomic E-state index is 3.75. The van der Waals surface area contributed by atoms with E-state index in [1.807, 2.05) is 0 Å². The first kappa shape index (κ1) is 13.7. The van der Waals surface area contributed by atoms with Crippen molar-refractivity contribution in [1.82, 2.24) is 9.88 Å². The third-order valence-electron chi connectivity index (χ3n) is 4.56. The van der Waals surface area contributed by atoms with E-state index in [9.17, 15) is 0 Å². The maximum atomic E-state index is 3.75. The van der Waals surface area contributed by atoms with Gasteiger partial charge in [-0.1, -0.05) is 24.5 Å².